The van der Waals surface area contributed by atoms with Gasteiger partial charge in [-0.2, -0.15) is 0 Å². The number of rotatable bonds is 7. The van der Waals surface area contributed by atoms with Crippen LogP contribution in [0.3, 0.4) is 0 Å². The van der Waals surface area contributed by atoms with E-state index in [1.165, 1.54) is 17.7 Å². The molecule has 1 fully saturated rings. The predicted octanol–water partition coefficient (Wildman–Crippen LogP) is 7.04. The van der Waals surface area contributed by atoms with Gasteiger partial charge in [-0.1, -0.05) is 39.0 Å². The van der Waals surface area contributed by atoms with Gasteiger partial charge < -0.3 is 19.5 Å². The first kappa shape index (κ1) is 26.8. The summed E-state index contributed by atoms with van der Waals surface area (Å²) >= 11 is 0. The Kier molecular flexibility index (Phi) is 8.34. The van der Waals surface area contributed by atoms with Gasteiger partial charge in [0.15, 0.2) is 0 Å². The van der Waals surface area contributed by atoms with Crippen LogP contribution in [0.15, 0.2) is 36.4 Å². The van der Waals surface area contributed by atoms with E-state index < -0.39 is 17.7 Å². The van der Waals surface area contributed by atoms with E-state index in [1.807, 2.05) is 30.3 Å². The highest BCUT2D eigenvalue weighted by Gasteiger charge is 2.30. The maximum absolute atomic E-state index is 12.6. The molecular formula is C29H41NO5. The van der Waals surface area contributed by atoms with Gasteiger partial charge in [0.1, 0.15) is 11.4 Å². The molecule has 2 aromatic carbocycles. The van der Waals surface area contributed by atoms with Crippen molar-refractivity contribution < 1.29 is 24.2 Å². The molecule has 1 saturated carbocycles. The predicted molar refractivity (Wildman–Crippen MR) is 139 cm³/mol. The highest BCUT2D eigenvalue weighted by atomic mass is 16.6. The maximum atomic E-state index is 12.6. The second-order valence-electron chi connectivity index (χ2n) is 11.8. The van der Waals surface area contributed by atoms with Crippen molar-refractivity contribution in [2.75, 3.05) is 6.54 Å². The van der Waals surface area contributed by atoms with E-state index in [9.17, 15) is 9.59 Å². The first-order chi connectivity index (χ1) is 16.3. The third kappa shape index (κ3) is 8.15. The Morgan fingerprint density at radius 1 is 0.943 bits per heavy atom. The molecule has 35 heavy (non-hydrogen) atoms. The summed E-state index contributed by atoms with van der Waals surface area (Å²) in [5, 5.41) is 11.2. The second-order valence-corrected chi connectivity index (χ2v) is 11.8. The number of aliphatic carboxylic acids is 1. The molecule has 1 amide bonds. The average Bonchev–Trinajstić information content (AvgIpc) is 2.75. The molecular weight excluding hydrogens is 442 g/mol. The molecule has 1 N–H and O–H groups in total. The van der Waals surface area contributed by atoms with Gasteiger partial charge in [-0.25, -0.2) is 4.79 Å². The first-order valence-corrected chi connectivity index (χ1v) is 12.7. The van der Waals surface area contributed by atoms with Crippen molar-refractivity contribution in [2.45, 2.75) is 91.9 Å². The van der Waals surface area contributed by atoms with Crippen molar-refractivity contribution in [3.8, 4) is 5.75 Å². The molecule has 6 heteroatoms. The third-order valence-corrected chi connectivity index (χ3v) is 6.70. The van der Waals surface area contributed by atoms with Gasteiger partial charge in [-0.3, -0.25) is 4.79 Å². The van der Waals surface area contributed by atoms with E-state index in [2.05, 4.69) is 26.8 Å². The van der Waals surface area contributed by atoms with E-state index in [1.54, 1.807) is 20.8 Å². The minimum atomic E-state index is -0.948. The van der Waals surface area contributed by atoms with E-state index >= 15 is 0 Å². The van der Waals surface area contributed by atoms with Gasteiger partial charge in [0, 0.05) is 13.1 Å². The van der Waals surface area contributed by atoms with Crippen LogP contribution in [0.1, 0.15) is 79.2 Å². The number of carboxylic acids is 1. The standard InChI is InChI=1S/C29H41NO5/c1-28(2,3)23-10-13-24(14-11-23)34-25-12-9-21-17-20(7-8-22(21)18-25)19-30(16-15-26(31)32)27(33)35-29(4,5)6/h7-9,12,17-18,23-24H,10-11,13-16,19H2,1-6H3,(H,31,32). The minimum Gasteiger partial charge on any atom is -0.490 e. The maximum Gasteiger partial charge on any atom is 0.410 e. The lowest BCUT2D eigenvalue weighted by Gasteiger charge is -2.37. The highest BCUT2D eigenvalue weighted by Crippen LogP contribution is 2.39. The van der Waals surface area contributed by atoms with Crippen LogP contribution in [0.5, 0.6) is 5.75 Å². The van der Waals surface area contributed by atoms with Crippen LogP contribution in [0.25, 0.3) is 10.8 Å². The van der Waals surface area contributed by atoms with Crippen LogP contribution in [0.4, 0.5) is 4.79 Å². The van der Waals surface area contributed by atoms with Crippen molar-refractivity contribution in [1.29, 1.82) is 0 Å². The smallest absolute Gasteiger partial charge is 0.410 e. The molecule has 0 spiro atoms. The zero-order chi connectivity index (χ0) is 25.8. The molecule has 1 aliphatic carbocycles. The monoisotopic (exact) mass is 483 g/mol. The summed E-state index contributed by atoms with van der Waals surface area (Å²) in [6, 6.07) is 12.2. The molecule has 0 unspecified atom stereocenters. The summed E-state index contributed by atoms with van der Waals surface area (Å²) in [6.07, 6.45) is 4.23. The van der Waals surface area contributed by atoms with Crippen LogP contribution < -0.4 is 4.74 Å². The number of amides is 1. The molecule has 6 nitrogen and oxygen atoms in total. The van der Waals surface area contributed by atoms with E-state index in [-0.39, 0.29) is 25.6 Å². The molecule has 0 aromatic heterocycles. The summed E-state index contributed by atoms with van der Waals surface area (Å²) in [5.41, 5.74) is 0.630. The average molecular weight is 484 g/mol. The molecule has 1 aliphatic rings. The van der Waals surface area contributed by atoms with Crippen LogP contribution >= 0.6 is 0 Å². The van der Waals surface area contributed by atoms with Gasteiger partial charge in [-0.05, 0) is 92.3 Å². The molecule has 192 valence electrons. The molecule has 0 bridgehead atoms. The normalized spacial score (nSPS) is 18.8. The summed E-state index contributed by atoms with van der Waals surface area (Å²) in [7, 11) is 0. The van der Waals surface area contributed by atoms with Gasteiger partial charge >= 0.3 is 12.1 Å². The number of hydrogen-bond acceptors (Lipinski definition) is 4. The Balaban J connectivity index is 1.67. The lowest BCUT2D eigenvalue weighted by atomic mass is 9.72. The number of nitrogens with zero attached hydrogens (tertiary/aromatic N) is 1. The number of fused-ring (bicyclic) bond motifs is 1. The topological polar surface area (TPSA) is 76.1 Å². The number of hydrogen-bond donors (Lipinski definition) is 1. The van der Waals surface area contributed by atoms with Gasteiger partial charge in [0.2, 0.25) is 0 Å². The van der Waals surface area contributed by atoms with Gasteiger partial charge in [0.05, 0.1) is 12.5 Å². The second kappa shape index (κ2) is 10.9. The van der Waals surface area contributed by atoms with Crippen LogP contribution in [0.2, 0.25) is 0 Å². The van der Waals surface area contributed by atoms with Crippen LogP contribution in [-0.4, -0.2) is 40.3 Å². The molecule has 0 aliphatic heterocycles. The molecule has 2 aromatic rings. The number of carbonyl (C=O) groups is 2. The first-order valence-electron chi connectivity index (χ1n) is 12.7. The Morgan fingerprint density at radius 3 is 2.17 bits per heavy atom. The number of benzene rings is 2. The fourth-order valence-electron chi connectivity index (χ4n) is 4.70. The van der Waals surface area contributed by atoms with Gasteiger partial charge in [-0.15, -0.1) is 0 Å². The number of ether oxygens (including phenoxy) is 2. The van der Waals surface area contributed by atoms with Crippen molar-refractivity contribution in [3.05, 3.63) is 42.0 Å². The van der Waals surface area contributed by atoms with Crippen molar-refractivity contribution in [3.63, 3.8) is 0 Å². The molecule has 3 rings (SSSR count). The van der Waals surface area contributed by atoms with Gasteiger partial charge in [0.25, 0.3) is 0 Å². The minimum absolute atomic E-state index is 0.0898. The third-order valence-electron chi connectivity index (χ3n) is 6.70. The van der Waals surface area contributed by atoms with E-state index in [0.717, 1.165) is 40.8 Å². The Bertz CT molecular complexity index is 1030. The number of carboxylic acid groups (broad SMARTS) is 1. The largest absolute Gasteiger partial charge is 0.490 e. The summed E-state index contributed by atoms with van der Waals surface area (Å²) in [6.45, 7) is 12.8. The van der Waals surface area contributed by atoms with Crippen LogP contribution in [-0.2, 0) is 16.1 Å². The fourth-order valence-corrected chi connectivity index (χ4v) is 4.70. The Hall–Kier alpha value is -2.76. The van der Waals surface area contributed by atoms with Crippen LogP contribution in [0, 0.1) is 11.3 Å². The lowest BCUT2D eigenvalue weighted by molar-refractivity contribution is -0.137. The van der Waals surface area contributed by atoms with Crippen molar-refractivity contribution >= 4 is 22.8 Å². The summed E-state index contributed by atoms with van der Waals surface area (Å²) in [4.78, 5) is 25.2. The highest BCUT2D eigenvalue weighted by molar-refractivity contribution is 5.84. The zero-order valence-electron chi connectivity index (χ0n) is 22.1. The quantitative estimate of drug-likeness (QED) is 0.457. The van der Waals surface area contributed by atoms with Crippen molar-refractivity contribution in [2.24, 2.45) is 11.3 Å². The van der Waals surface area contributed by atoms with Crippen molar-refractivity contribution in [1.82, 2.24) is 4.90 Å². The molecule has 0 atom stereocenters. The number of carbonyl (C=O) groups excluding carboxylic acids is 1. The molecule has 0 radical (unpaired) electrons. The van der Waals surface area contributed by atoms with E-state index in [0.29, 0.717) is 5.41 Å². The molecule has 0 saturated heterocycles. The summed E-state index contributed by atoms with van der Waals surface area (Å²) in [5.74, 6) is 0.700. The van der Waals surface area contributed by atoms with E-state index in [4.69, 9.17) is 14.6 Å². The fraction of sp³-hybridized carbons (Fsp3) is 0.586. The molecule has 0 heterocycles. The SMILES string of the molecule is CC(C)(C)OC(=O)N(CCC(=O)O)Cc1ccc2cc(OC3CCC(C(C)(C)C)CC3)ccc2c1. The summed E-state index contributed by atoms with van der Waals surface area (Å²) < 4.78 is 11.8. The Morgan fingerprint density at radius 2 is 1.57 bits per heavy atom. The Labute approximate surface area is 209 Å². The lowest BCUT2D eigenvalue weighted by Crippen LogP contribution is -2.37. The zero-order valence-corrected chi connectivity index (χ0v) is 22.1.